The third-order valence-electron chi connectivity index (χ3n) is 3.11. The molecule has 0 amide bonds. The number of nitrogens with zero attached hydrogens (tertiary/aromatic N) is 1. The van der Waals surface area contributed by atoms with E-state index in [1.54, 1.807) is 0 Å². The first-order valence-electron chi connectivity index (χ1n) is 7.04. The molecule has 0 aliphatic heterocycles. The second-order valence-electron chi connectivity index (χ2n) is 5.16. The quantitative estimate of drug-likeness (QED) is 0.868. The molecule has 0 saturated heterocycles. The SMILES string of the molecule is CC(C)Oc1ccccc1C(C)NCc1ccncc1. The van der Waals surface area contributed by atoms with E-state index in [0.29, 0.717) is 0 Å². The van der Waals surface area contributed by atoms with Gasteiger partial charge in [0.2, 0.25) is 0 Å². The number of pyridine rings is 1. The molecule has 0 bridgehead atoms. The van der Waals surface area contributed by atoms with Crippen LogP contribution in [0.3, 0.4) is 0 Å². The summed E-state index contributed by atoms with van der Waals surface area (Å²) in [6, 6.07) is 12.5. The predicted molar refractivity (Wildman–Crippen MR) is 81.7 cm³/mol. The maximum absolute atomic E-state index is 5.87. The van der Waals surface area contributed by atoms with Crippen LogP contribution in [-0.2, 0) is 6.54 Å². The monoisotopic (exact) mass is 270 g/mol. The Morgan fingerprint density at radius 1 is 1.05 bits per heavy atom. The van der Waals surface area contributed by atoms with E-state index < -0.39 is 0 Å². The Hall–Kier alpha value is -1.87. The molecule has 106 valence electrons. The standard InChI is InChI=1S/C17H22N2O/c1-13(2)20-17-7-5-4-6-16(17)14(3)19-12-15-8-10-18-11-9-15/h4-11,13-14,19H,12H2,1-3H3. The molecule has 0 fully saturated rings. The largest absolute Gasteiger partial charge is 0.491 e. The zero-order valence-electron chi connectivity index (χ0n) is 12.3. The van der Waals surface area contributed by atoms with Crippen molar-refractivity contribution in [3.63, 3.8) is 0 Å². The second kappa shape index (κ2) is 7.06. The molecule has 3 nitrogen and oxygen atoms in total. The van der Waals surface area contributed by atoms with E-state index >= 15 is 0 Å². The molecule has 1 N–H and O–H groups in total. The van der Waals surface area contributed by atoms with Crippen LogP contribution < -0.4 is 10.1 Å². The van der Waals surface area contributed by atoms with Crippen LogP contribution in [0.1, 0.15) is 37.9 Å². The Morgan fingerprint density at radius 3 is 2.45 bits per heavy atom. The van der Waals surface area contributed by atoms with Crippen molar-refractivity contribution in [2.24, 2.45) is 0 Å². The van der Waals surface area contributed by atoms with E-state index in [0.717, 1.165) is 12.3 Å². The van der Waals surface area contributed by atoms with Gasteiger partial charge < -0.3 is 10.1 Å². The van der Waals surface area contributed by atoms with Gasteiger partial charge >= 0.3 is 0 Å². The molecule has 2 rings (SSSR count). The van der Waals surface area contributed by atoms with Crippen LogP contribution in [0.5, 0.6) is 5.75 Å². The zero-order valence-corrected chi connectivity index (χ0v) is 12.3. The molecule has 2 aromatic rings. The summed E-state index contributed by atoms with van der Waals surface area (Å²) in [7, 11) is 0. The van der Waals surface area contributed by atoms with E-state index in [4.69, 9.17) is 4.74 Å². The van der Waals surface area contributed by atoms with Crippen LogP contribution in [-0.4, -0.2) is 11.1 Å². The summed E-state index contributed by atoms with van der Waals surface area (Å²) in [6.45, 7) is 7.07. The Kier molecular flexibility index (Phi) is 5.13. The molecule has 1 atom stereocenters. The lowest BCUT2D eigenvalue weighted by atomic mass is 10.1. The molecule has 1 aromatic carbocycles. The summed E-state index contributed by atoms with van der Waals surface area (Å²) in [5.41, 5.74) is 2.42. The van der Waals surface area contributed by atoms with Crippen LogP contribution in [0.2, 0.25) is 0 Å². The fourth-order valence-electron chi connectivity index (χ4n) is 2.08. The summed E-state index contributed by atoms with van der Waals surface area (Å²) in [6.07, 6.45) is 3.82. The van der Waals surface area contributed by atoms with Crippen LogP contribution in [0, 0.1) is 0 Å². The molecule has 1 heterocycles. The topological polar surface area (TPSA) is 34.1 Å². The van der Waals surface area contributed by atoms with E-state index in [1.165, 1.54) is 11.1 Å². The first-order chi connectivity index (χ1) is 9.66. The molecule has 0 aliphatic rings. The number of hydrogen-bond donors (Lipinski definition) is 1. The third kappa shape index (κ3) is 4.07. The van der Waals surface area contributed by atoms with Gasteiger partial charge in [0.05, 0.1) is 6.10 Å². The highest BCUT2D eigenvalue weighted by Crippen LogP contribution is 2.25. The van der Waals surface area contributed by atoms with Gasteiger partial charge in [0.25, 0.3) is 0 Å². The van der Waals surface area contributed by atoms with Gasteiger partial charge in [0.1, 0.15) is 5.75 Å². The van der Waals surface area contributed by atoms with Crippen molar-refractivity contribution in [1.29, 1.82) is 0 Å². The van der Waals surface area contributed by atoms with Crippen LogP contribution in [0.4, 0.5) is 0 Å². The van der Waals surface area contributed by atoms with Gasteiger partial charge in [0, 0.05) is 30.5 Å². The van der Waals surface area contributed by atoms with Crippen LogP contribution in [0.25, 0.3) is 0 Å². The van der Waals surface area contributed by atoms with E-state index in [-0.39, 0.29) is 12.1 Å². The van der Waals surface area contributed by atoms with Gasteiger partial charge in [0.15, 0.2) is 0 Å². The maximum Gasteiger partial charge on any atom is 0.124 e. The summed E-state index contributed by atoms with van der Waals surface area (Å²) in [4.78, 5) is 4.03. The second-order valence-corrected chi connectivity index (χ2v) is 5.16. The van der Waals surface area contributed by atoms with Gasteiger partial charge in [-0.25, -0.2) is 0 Å². The highest BCUT2D eigenvalue weighted by Gasteiger charge is 2.11. The maximum atomic E-state index is 5.87. The van der Waals surface area contributed by atoms with E-state index in [1.807, 2.05) is 56.6 Å². The third-order valence-corrected chi connectivity index (χ3v) is 3.11. The lowest BCUT2D eigenvalue weighted by Gasteiger charge is -2.20. The Balaban J connectivity index is 2.03. The minimum atomic E-state index is 0.184. The van der Waals surface area contributed by atoms with Crippen LogP contribution in [0.15, 0.2) is 48.8 Å². The van der Waals surface area contributed by atoms with Crippen molar-refractivity contribution in [3.8, 4) is 5.75 Å². The zero-order chi connectivity index (χ0) is 14.4. The minimum Gasteiger partial charge on any atom is -0.491 e. The van der Waals surface area contributed by atoms with Gasteiger partial charge in [-0.3, -0.25) is 4.98 Å². The molecular weight excluding hydrogens is 248 g/mol. The number of rotatable bonds is 6. The minimum absolute atomic E-state index is 0.184. The normalized spacial score (nSPS) is 12.4. The lowest BCUT2D eigenvalue weighted by Crippen LogP contribution is -2.19. The van der Waals surface area contributed by atoms with Crippen molar-refractivity contribution < 1.29 is 4.74 Å². The summed E-state index contributed by atoms with van der Waals surface area (Å²) in [5.74, 6) is 0.956. The molecular formula is C17H22N2O. The fraction of sp³-hybridized carbons (Fsp3) is 0.353. The number of benzene rings is 1. The average Bonchev–Trinajstić information content (AvgIpc) is 2.46. The molecule has 1 unspecified atom stereocenters. The first-order valence-corrected chi connectivity index (χ1v) is 7.04. The average molecular weight is 270 g/mol. The van der Waals surface area contributed by atoms with E-state index in [9.17, 15) is 0 Å². The van der Waals surface area contributed by atoms with Gasteiger partial charge in [-0.1, -0.05) is 18.2 Å². The molecule has 0 aliphatic carbocycles. The van der Waals surface area contributed by atoms with Crippen molar-refractivity contribution in [1.82, 2.24) is 10.3 Å². The number of ether oxygens (including phenoxy) is 1. The molecule has 0 saturated carbocycles. The number of hydrogen-bond acceptors (Lipinski definition) is 3. The number of nitrogens with one attached hydrogen (secondary N) is 1. The number of para-hydroxylation sites is 1. The highest BCUT2D eigenvalue weighted by molar-refractivity contribution is 5.35. The molecule has 0 spiro atoms. The van der Waals surface area contributed by atoms with Gasteiger partial charge in [-0.05, 0) is 44.5 Å². The fourth-order valence-corrected chi connectivity index (χ4v) is 2.08. The van der Waals surface area contributed by atoms with Gasteiger partial charge in [-0.2, -0.15) is 0 Å². The van der Waals surface area contributed by atoms with Crippen molar-refractivity contribution in [3.05, 3.63) is 59.9 Å². The van der Waals surface area contributed by atoms with Crippen LogP contribution >= 0.6 is 0 Å². The van der Waals surface area contributed by atoms with Crippen molar-refractivity contribution in [2.45, 2.75) is 39.5 Å². The molecule has 1 aromatic heterocycles. The molecule has 0 radical (unpaired) electrons. The lowest BCUT2D eigenvalue weighted by molar-refractivity contribution is 0.238. The Labute approximate surface area is 121 Å². The van der Waals surface area contributed by atoms with Crippen molar-refractivity contribution >= 4 is 0 Å². The Morgan fingerprint density at radius 2 is 1.75 bits per heavy atom. The molecule has 3 heteroatoms. The summed E-state index contributed by atoms with van der Waals surface area (Å²) < 4.78 is 5.87. The highest BCUT2D eigenvalue weighted by atomic mass is 16.5. The van der Waals surface area contributed by atoms with Gasteiger partial charge in [-0.15, -0.1) is 0 Å². The summed E-state index contributed by atoms with van der Waals surface area (Å²) in [5, 5.41) is 3.52. The smallest absolute Gasteiger partial charge is 0.124 e. The predicted octanol–water partition coefficient (Wildman–Crippen LogP) is 3.72. The molecule has 20 heavy (non-hydrogen) atoms. The number of aromatic nitrogens is 1. The summed E-state index contributed by atoms with van der Waals surface area (Å²) >= 11 is 0. The van der Waals surface area contributed by atoms with E-state index in [2.05, 4.69) is 23.3 Å². The van der Waals surface area contributed by atoms with Crippen molar-refractivity contribution in [2.75, 3.05) is 0 Å². The Bertz CT molecular complexity index is 526. The first kappa shape index (κ1) is 14.5.